The first-order valence-corrected chi connectivity index (χ1v) is 9.75. The largest absolute Gasteiger partial charge is 0.347 e. The molecule has 0 saturated carbocycles. The van der Waals surface area contributed by atoms with Crippen molar-refractivity contribution in [2.24, 2.45) is 11.7 Å². The van der Waals surface area contributed by atoms with Crippen molar-refractivity contribution in [3.63, 3.8) is 0 Å². The SMILES string of the molecule is CC1CCCN(Cc2ccccc2CNC(=O)c2csc(CN)n2)C1.Cl.Cl. The zero-order valence-electron chi connectivity index (χ0n) is 15.5. The highest BCUT2D eigenvalue weighted by Crippen LogP contribution is 2.19. The van der Waals surface area contributed by atoms with Gasteiger partial charge in [-0.25, -0.2) is 4.98 Å². The number of halogens is 2. The van der Waals surface area contributed by atoms with Crippen molar-refractivity contribution in [1.82, 2.24) is 15.2 Å². The lowest BCUT2D eigenvalue weighted by atomic mass is 9.99. The second-order valence-corrected chi connectivity index (χ2v) is 7.71. The van der Waals surface area contributed by atoms with Gasteiger partial charge in [-0.05, 0) is 36.4 Å². The molecule has 27 heavy (non-hydrogen) atoms. The average Bonchev–Trinajstić information content (AvgIpc) is 3.10. The van der Waals surface area contributed by atoms with Gasteiger partial charge < -0.3 is 11.1 Å². The molecule has 1 saturated heterocycles. The molecular weight excluding hydrogens is 403 g/mol. The highest BCUT2D eigenvalue weighted by molar-refractivity contribution is 7.09. The Morgan fingerprint density at radius 3 is 2.74 bits per heavy atom. The zero-order valence-corrected chi connectivity index (χ0v) is 18.0. The van der Waals surface area contributed by atoms with E-state index in [1.807, 2.05) is 6.07 Å². The van der Waals surface area contributed by atoms with Crippen LogP contribution >= 0.6 is 36.2 Å². The van der Waals surface area contributed by atoms with Gasteiger partial charge in [0.15, 0.2) is 0 Å². The lowest BCUT2D eigenvalue weighted by Crippen LogP contribution is -2.34. The van der Waals surface area contributed by atoms with E-state index in [2.05, 4.69) is 40.3 Å². The second kappa shape index (κ2) is 11.6. The number of nitrogens with two attached hydrogens (primary N) is 1. The average molecular weight is 431 g/mol. The molecular formula is C19H28Cl2N4OS. The molecule has 5 nitrogen and oxygen atoms in total. The number of carbonyl (C=O) groups excluding carboxylic acids is 1. The van der Waals surface area contributed by atoms with Gasteiger partial charge in [0.1, 0.15) is 10.7 Å². The van der Waals surface area contributed by atoms with E-state index in [-0.39, 0.29) is 30.7 Å². The summed E-state index contributed by atoms with van der Waals surface area (Å²) in [4.78, 5) is 19.0. The maximum Gasteiger partial charge on any atom is 0.271 e. The monoisotopic (exact) mass is 430 g/mol. The van der Waals surface area contributed by atoms with Crippen LogP contribution in [0.15, 0.2) is 29.6 Å². The Labute approximate surface area is 177 Å². The summed E-state index contributed by atoms with van der Waals surface area (Å²) in [5.41, 5.74) is 8.47. The van der Waals surface area contributed by atoms with Crippen molar-refractivity contribution < 1.29 is 4.79 Å². The van der Waals surface area contributed by atoms with Crippen LogP contribution < -0.4 is 11.1 Å². The topological polar surface area (TPSA) is 71.2 Å². The van der Waals surface area contributed by atoms with Crippen LogP contribution in [0.3, 0.4) is 0 Å². The predicted molar refractivity (Wildman–Crippen MR) is 116 cm³/mol. The molecule has 1 amide bonds. The maximum absolute atomic E-state index is 12.3. The summed E-state index contributed by atoms with van der Waals surface area (Å²) >= 11 is 1.42. The van der Waals surface area contributed by atoms with Crippen molar-refractivity contribution in [3.8, 4) is 0 Å². The summed E-state index contributed by atoms with van der Waals surface area (Å²) in [5, 5.41) is 5.53. The second-order valence-electron chi connectivity index (χ2n) is 6.76. The van der Waals surface area contributed by atoms with Gasteiger partial charge in [-0.2, -0.15) is 0 Å². The van der Waals surface area contributed by atoms with Crippen molar-refractivity contribution in [3.05, 3.63) is 51.5 Å². The number of thiazole rings is 1. The standard InChI is InChI=1S/C19H26N4OS.2ClH/c1-14-5-4-8-23(11-14)12-16-7-3-2-6-15(16)10-21-19(24)17-13-25-18(9-20)22-17;;/h2-3,6-7,13-14H,4-5,8-12,20H2,1H3,(H,21,24);2*1H. The number of nitrogens with one attached hydrogen (secondary N) is 1. The lowest BCUT2D eigenvalue weighted by molar-refractivity contribution is 0.0946. The Balaban J connectivity index is 0.00000182. The third-order valence-electron chi connectivity index (χ3n) is 4.65. The van der Waals surface area contributed by atoms with E-state index in [4.69, 9.17) is 5.73 Å². The molecule has 3 N–H and O–H groups in total. The zero-order chi connectivity index (χ0) is 17.6. The van der Waals surface area contributed by atoms with Crippen LogP contribution in [0.1, 0.15) is 46.4 Å². The van der Waals surface area contributed by atoms with Crippen LogP contribution in [0.25, 0.3) is 0 Å². The minimum Gasteiger partial charge on any atom is -0.347 e. The molecule has 1 aromatic carbocycles. The Bertz CT molecular complexity index is 725. The molecule has 1 aromatic heterocycles. The molecule has 1 aliphatic rings. The molecule has 2 aromatic rings. The molecule has 1 unspecified atom stereocenters. The quantitative estimate of drug-likeness (QED) is 0.733. The molecule has 0 aliphatic carbocycles. The molecule has 2 heterocycles. The normalized spacial score (nSPS) is 16.9. The molecule has 1 fully saturated rings. The minimum atomic E-state index is -0.141. The van der Waals surface area contributed by atoms with Crippen LogP contribution in [0.5, 0.6) is 0 Å². The highest BCUT2D eigenvalue weighted by Gasteiger charge is 2.17. The molecule has 150 valence electrons. The predicted octanol–water partition coefficient (Wildman–Crippen LogP) is 3.61. The van der Waals surface area contributed by atoms with Gasteiger partial charge in [0.2, 0.25) is 0 Å². The van der Waals surface area contributed by atoms with Crippen molar-refractivity contribution in [2.45, 2.75) is 39.4 Å². The van der Waals surface area contributed by atoms with Crippen LogP contribution in [-0.2, 0) is 19.6 Å². The van der Waals surface area contributed by atoms with Crippen molar-refractivity contribution in [2.75, 3.05) is 13.1 Å². The fraction of sp³-hybridized carbons (Fsp3) is 0.474. The summed E-state index contributed by atoms with van der Waals surface area (Å²) in [5.74, 6) is 0.624. The highest BCUT2D eigenvalue weighted by atomic mass is 35.5. The van der Waals surface area contributed by atoms with Gasteiger partial charge >= 0.3 is 0 Å². The number of likely N-dealkylation sites (tertiary alicyclic amines) is 1. The first-order chi connectivity index (χ1) is 12.2. The number of amides is 1. The molecule has 0 bridgehead atoms. The van der Waals surface area contributed by atoms with E-state index >= 15 is 0 Å². The van der Waals surface area contributed by atoms with Crippen molar-refractivity contribution in [1.29, 1.82) is 0 Å². The van der Waals surface area contributed by atoms with E-state index in [1.165, 1.54) is 35.3 Å². The number of hydrogen-bond donors (Lipinski definition) is 2. The summed E-state index contributed by atoms with van der Waals surface area (Å²) in [6.07, 6.45) is 2.60. The lowest BCUT2D eigenvalue weighted by Gasteiger charge is -2.31. The van der Waals surface area contributed by atoms with Crippen LogP contribution in [0, 0.1) is 5.92 Å². The number of aromatic nitrogens is 1. The molecule has 0 radical (unpaired) electrons. The van der Waals surface area contributed by atoms with Crippen LogP contribution in [0.4, 0.5) is 0 Å². The Hall–Kier alpha value is -1.18. The van der Waals surface area contributed by atoms with E-state index in [9.17, 15) is 4.79 Å². The maximum atomic E-state index is 12.3. The number of nitrogens with zero attached hydrogens (tertiary/aromatic N) is 2. The van der Waals surface area contributed by atoms with Crippen LogP contribution in [-0.4, -0.2) is 28.9 Å². The summed E-state index contributed by atoms with van der Waals surface area (Å²) in [7, 11) is 0. The van der Waals surface area contributed by atoms with Gasteiger partial charge in [0.25, 0.3) is 5.91 Å². The van der Waals surface area contributed by atoms with E-state index in [1.54, 1.807) is 5.38 Å². The van der Waals surface area contributed by atoms with Crippen molar-refractivity contribution >= 4 is 42.1 Å². The molecule has 0 spiro atoms. The van der Waals surface area contributed by atoms with Crippen LogP contribution in [0.2, 0.25) is 0 Å². The van der Waals surface area contributed by atoms with E-state index < -0.39 is 0 Å². The number of carbonyl (C=O) groups is 1. The molecule has 1 atom stereocenters. The van der Waals surface area contributed by atoms with Gasteiger partial charge in [0.05, 0.1) is 0 Å². The summed E-state index contributed by atoms with van der Waals surface area (Å²) in [6.45, 7) is 6.47. The number of benzene rings is 1. The summed E-state index contributed by atoms with van der Waals surface area (Å²) in [6, 6.07) is 8.35. The molecule has 3 rings (SSSR count). The third kappa shape index (κ3) is 6.73. The Morgan fingerprint density at radius 1 is 1.33 bits per heavy atom. The van der Waals surface area contributed by atoms with Gasteiger partial charge in [-0.3, -0.25) is 9.69 Å². The fourth-order valence-corrected chi connectivity index (χ4v) is 3.99. The molecule has 8 heteroatoms. The smallest absolute Gasteiger partial charge is 0.271 e. The van der Waals surface area contributed by atoms with E-state index in [0.29, 0.717) is 18.8 Å². The number of rotatable bonds is 6. The van der Waals surface area contributed by atoms with E-state index in [0.717, 1.165) is 30.6 Å². The molecule has 1 aliphatic heterocycles. The van der Waals surface area contributed by atoms with Gasteiger partial charge in [0, 0.05) is 31.6 Å². The Kier molecular flexibility index (Phi) is 10.3. The summed E-state index contributed by atoms with van der Waals surface area (Å²) < 4.78 is 0. The minimum absolute atomic E-state index is 0. The van der Waals surface area contributed by atoms with Gasteiger partial charge in [-0.15, -0.1) is 36.2 Å². The Morgan fingerprint density at radius 2 is 2.07 bits per heavy atom. The first kappa shape index (κ1) is 23.9. The number of piperidine rings is 1. The van der Waals surface area contributed by atoms with Gasteiger partial charge in [-0.1, -0.05) is 31.2 Å². The fourth-order valence-electron chi connectivity index (χ4n) is 3.33. The first-order valence-electron chi connectivity index (χ1n) is 8.87. The third-order valence-corrected chi connectivity index (χ3v) is 5.52. The number of hydrogen-bond acceptors (Lipinski definition) is 5.